The number of amides is 2. The van der Waals surface area contributed by atoms with Crippen molar-refractivity contribution in [3.8, 4) is 0 Å². The highest BCUT2D eigenvalue weighted by Crippen LogP contribution is 2.24. The Bertz CT molecular complexity index is 563. The SMILES string of the molecule is CNc1cc(C(=O)N2CCNC(=O)C2)cc(C(C)(C)C)n1. The highest BCUT2D eigenvalue weighted by molar-refractivity contribution is 5.97. The van der Waals surface area contributed by atoms with Crippen LogP contribution in [0.3, 0.4) is 0 Å². The van der Waals surface area contributed by atoms with Crippen LogP contribution in [0.25, 0.3) is 0 Å². The van der Waals surface area contributed by atoms with Gasteiger partial charge in [-0.25, -0.2) is 4.98 Å². The normalized spacial score (nSPS) is 15.6. The molecule has 1 aromatic rings. The Morgan fingerprint density at radius 2 is 2.10 bits per heavy atom. The minimum atomic E-state index is -0.152. The van der Waals surface area contributed by atoms with E-state index < -0.39 is 0 Å². The second-order valence-electron chi connectivity index (χ2n) is 6.20. The fourth-order valence-electron chi connectivity index (χ4n) is 2.16. The molecule has 2 heterocycles. The smallest absolute Gasteiger partial charge is 0.254 e. The maximum Gasteiger partial charge on any atom is 0.254 e. The largest absolute Gasteiger partial charge is 0.373 e. The number of pyridine rings is 1. The van der Waals surface area contributed by atoms with Gasteiger partial charge in [0.15, 0.2) is 0 Å². The molecule has 1 aliphatic rings. The maximum absolute atomic E-state index is 12.6. The van der Waals surface area contributed by atoms with Crippen molar-refractivity contribution in [2.75, 3.05) is 32.0 Å². The molecule has 6 nitrogen and oxygen atoms in total. The van der Waals surface area contributed by atoms with Gasteiger partial charge in [-0.3, -0.25) is 9.59 Å². The molecule has 0 bridgehead atoms. The summed E-state index contributed by atoms with van der Waals surface area (Å²) in [5, 5.41) is 5.70. The van der Waals surface area contributed by atoms with Crippen molar-refractivity contribution >= 4 is 17.6 Å². The van der Waals surface area contributed by atoms with Gasteiger partial charge in [0.25, 0.3) is 5.91 Å². The quantitative estimate of drug-likeness (QED) is 0.852. The lowest BCUT2D eigenvalue weighted by Gasteiger charge is -2.27. The van der Waals surface area contributed by atoms with E-state index >= 15 is 0 Å². The van der Waals surface area contributed by atoms with Crippen LogP contribution in [0.4, 0.5) is 5.82 Å². The van der Waals surface area contributed by atoms with Gasteiger partial charge in [0.05, 0.1) is 6.54 Å². The van der Waals surface area contributed by atoms with E-state index in [-0.39, 0.29) is 23.8 Å². The predicted octanol–water partition coefficient (Wildman–Crippen LogP) is 0.993. The number of hydrogen-bond donors (Lipinski definition) is 2. The van der Waals surface area contributed by atoms with Gasteiger partial charge in [0.2, 0.25) is 5.91 Å². The van der Waals surface area contributed by atoms with Gasteiger partial charge in [-0.15, -0.1) is 0 Å². The lowest BCUT2D eigenvalue weighted by Crippen LogP contribution is -2.50. The molecular weight excluding hydrogens is 268 g/mol. The molecule has 6 heteroatoms. The molecule has 1 aliphatic heterocycles. The predicted molar refractivity (Wildman–Crippen MR) is 81.4 cm³/mol. The van der Waals surface area contributed by atoms with Crippen LogP contribution >= 0.6 is 0 Å². The Morgan fingerprint density at radius 3 is 2.67 bits per heavy atom. The Morgan fingerprint density at radius 1 is 1.38 bits per heavy atom. The standard InChI is InChI=1S/C15H22N4O2/c1-15(2,3)11-7-10(8-12(16-4)18-11)14(21)19-6-5-17-13(20)9-19/h7-8H,5-6,9H2,1-4H3,(H,16,18)(H,17,20). The van der Waals surface area contributed by atoms with E-state index in [1.807, 2.05) is 6.07 Å². The summed E-state index contributed by atoms with van der Waals surface area (Å²) in [6, 6.07) is 3.54. The molecule has 0 saturated carbocycles. The van der Waals surface area contributed by atoms with Crippen LogP contribution in [-0.4, -0.2) is 48.4 Å². The summed E-state index contributed by atoms with van der Waals surface area (Å²) in [7, 11) is 1.78. The molecule has 0 aliphatic carbocycles. The van der Waals surface area contributed by atoms with E-state index in [0.29, 0.717) is 24.5 Å². The first-order valence-corrected chi connectivity index (χ1v) is 7.07. The third-order valence-corrected chi connectivity index (χ3v) is 3.42. The number of rotatable bonds is 2. The fourth-order valence-corrected chi connectivity index (χ4v) is 2.16. The number of aromatic nitrogens is 1. The summed E-state index contributed by atoms with van der Waals surface area (Å²) in [6.45, 7) is 7.31. The third kappa shape index (κ3) is 3.51. The van der Waals surface area contributed by atoms with Crippen molar-refractivity contribution in [2.24, 2.45) is 0 Å². The van der Waals surface area contributed by atoms with E-state index in [1.165, 1.54) is 0 Å². The van der Waals surface area contributed by atoms with Gasteiger partial charge < -0.3 is 15.5 Å². The molecule has 0 radical (unpaired) electrons. The highest BCUT2D eigenvalue weighted by atomic mass is 16.2. The maximum atomic E-state index is 12.6. The summed E-state index contributed by atoms with van der Waals surface area (Å²) in [5.74, 6) is 0.412. The molecule has 114 valence electrons. The summed E-state index contributed by atoms with van der Waals surface area (Å²) in [6.07, 6.45) is 0. The molecule has 1 saturated heterocycles. The molecule has 21 heavy (non-hydrogen) atoms. The van der Waals surface area contributed by atoms with Gasteiger partial charge in [0, 0.05) is 36.8 Å². The first-order valence-electron chi connectivity index (χ1n) is 7.07. The zero-order chi connectivity index (χ0) is 15.6. The minimum absolute atomic E-state index is 0.112. The second kappa shape index (κ2) is 5.71. The second-order valence-corrected chi connectivity index (χ2v) is 6.20. The van der Waals surface area contributed by atoms with Crippen molar-refractivity contribution in [1.82, 2.24) is 15.2 Å². The first-order chi connectivity index (χ1) is 9.81. The molecule has 0 atom stereocenters. The van der Waals surface area contributed by atoms with Crippen molar-refractivity contribution in [1.29, 1.82) is 0 Å². The van der Waals surface area contributed by atoms with Crippen LogP contribution in [0.5, 0.6) is 0 Å². The number of carbonyl (C=O) groups excluding carboxylic acids is 2. The average Bonchev–Trinajstić information content (AvgIpc) is 2.45. The molecule has 2 amide bonds. The molecule has 2 N–H and O–H groups in total. The lowest BCUT2D eigenvalue weighted by atomic mass is 9.90. The number of piperazine rings is 1. The van der Waals surface area contributed by atoms with Gasteiger partial charge >= 0.3 is 0 Å². The van der Waals surface area contributed by atoms with Crippen molar-refractivity contribution in [3.05, 3.63) is 23.4 Å². The van der Waals surface area contributed by atoms with E-state index in [1.54, 1.807) is 18.0 Å². The van der Waals surface area contributed by atoms with Gasteiger partial charge in [0.1, 0.15) is 5.82 Å². The molecule has 0 aromatic carbocycles. The van der Waals surface area contributed by atoms with Crippen molar-refractivity contribution < 1.29 is 9.59 Å². The number of nitrogens with zero attached hydrogens (tertiary/aromatic N) is 2. The van der Waals surface area contributed by atoms with Crippen LogP contribution in [-0.2, 0) is 10.2 Å². The Kier molecular flexibility index (Phi) is 4.16. The van der Waals surface area contributed by atoms with E-state index in [4.69, 9.17) is 0 Å². The molecular formula is C15H22N4O2. The number of anilines is 1. The van der Waals surface area contributed by atoms with Crippen molar-refractivity contribution in [3.63, 3.8) is 0 Å². The number of carbonyl (C=O) groups is 2. The zero-order valence-corrected chi connectivity index (χ0v) is 13.0. The third-order valence-electron chi connectivity index (χ3n) is 3.42. The van der Waals surface area contributed by atoms with Crippen LogP contribution in [0, 0.1) is 0 Å². The van der Waals surface area contributed by atoms with Gasteiger partial charge in [-0.05, 0) is 12.1 Å². The fraction of sp³-hybridized carbons (Fsp3) is 0.533. The Balaban J connectivity index is 2.34. The van der Waals surface area contributed by atoms with Gasteiger partial charge in [-0.2, -0.15) is 0 Å². The molecule has 0 spiro atoms. The summed E-state index contributed by atoms with van der Waals surface area (Å²) in [5.41, 5.74) is 1.26. The average molecular weight is 290 g/mol. The number of nitrogens with one attached hydrogen (secondary N) is 2. The summed E-state index contributed by atoms with van der Waals surface area (Å²) < 4.78 is 0. The first kappa shape index (κ1) is 15.3. The Labute approximate surface area is 124 Å². The topological polar surface area (TPSA) is 74.3 Å². The van der Waals surface area contributed by atoms with Crippen molar-refractivity contribution in [2.45, 2.75) is 26.2 Å². The zero-order valence-electron chi connectivity index (χ0n) is 13.0. The van der Waals surface area contributed by atoms with E-state index in [9.17, 15) is 9.59 Å². The van der Waals surface area contributed by atoms with Crippen LogP contribution in [0.1, 0.15) is 36.8 Å². The van der Waals surface area contributed by atoms with Crippen LogP contribution < -0.4 is 10.6 Å². The van der Waals surface area contributed by atoms with Crippen LogP contribution in [0.15, 0.2) is 12.1 Å². The molecule has 1 aromatic heterocycles. The highest BCUT2D eigenvalue weighted by Gasteiger charge is 2.25. The van der Waals surface area contributed by atoms with Crippen LogP contribution in [0.2, 0.25) is 0 Å². The molecule has 2 rings (SSSR count). The minimum Gasteiger partial charge on any atom is -0.373 e. The lowest BCUT2D eigenvalue weighted by molar-refractivity contribution is -0.123. The van der Waals surface area contributed by atoms with E-state index in [0.717, 1.165) is 5.69 Å². The monoisotopic (exact) mass is 290 g/mol. The molecule has 0 unspecified atom stereocenters. The Hall–Kier alpha value is -2.11. The number of hydrogen-bond acceptors (Lipinski definition) is 4. The summed E-state index contributed by atoms with van der Waals surface area (Å²) >= 11 is 0. The summed E-state index contributed by atoms with van der Waals surface area (Å²) in [4.78, 5) is 30.1. The van der Waals surface area contributed by atoms with Gasteiger partial charge in [-0.1, -0.05) is 20.8 Å². The van der Waals surface area contributed by atoms with E-state index in [2.05, 4.69) is 36.4 Å². The molecule has 1 fully saturated rings.